The van der Waals surface area contributed by atoms with Gasteiger partial charge in [0, 0.05) is 12.6 Å². The number of benzene rings is 1. The number of carbonyl (C=O) groups excluding carboxylic acids is 1. The molecule has 1 aliphatic carbocycles. The Balaban J connectivity index is 1.80. The molecule has 1 aromatic rings. The predicted octanol–water partition coefficient (Wildman–Crippen LogP) is 0.803. The maximum atomic E-state index is 11.4. The molecule has 1 amide bonds. The molecule has 1 aliphatic rings. The zero-order valence-corrected chi connectivity index (χ0v) is 9.11. The topological polar surface area (TPSA) is 64.3 Å². The third-order valence-electron chi connectivity index (χ3n) is 2.45. The van der Waals surface area contributed by atoms with Gasteiger partial charge < -0.3 is 15.8 Å². The Labute approximate surface area is 94.8 Å². The summed E-state index contributed by atoms with van der Waals surface area (Å²) in [7, 11) is 0. The maximum absolute atomic E-state index is 11.4. The van der Waals surface area contributed by atoms with Gasteiger partial charge in [0.05, 0.1) is 0 Å². The summed E-state index contributed by atoms with van der Waals surface area (Å²) in [4.78, 5) is 11.4. The van der Waals surface area contributed by atoms with Crippen LogP contribution < -0.4 is 15.8 Å². The maximum Gasteiger partial charge on any atom is 0.258 e. The lowest BCUT2D eigenvalue weighted by Crippen LogP contribution is -2.30. The molecule has 0 bridgehead atoms. The van der Waals surface area contributed by atoms with Gasteiger partial charge in [0.2, 0.25) is 0 Å². The summed E-state index contributed by atoms with van der Waals surface area (Å²) in [5, 5.41) is 2.86. The average molecular weight is 220 g/mol. The molecule has 0 spiro atoms. The molecule has 1 saturated carbocycles. The molecule has 4 heteroatoms. The zero-order valence-electron chi connectivity index (χ0n) is 9.11. The van der Waals surface area contributed by atoms with E-state index in [-0.39, 0.29) is 12.5 Å². The van der Waals surface area contributed by atoms with Crippen LogP contribution in [0.2, 0.25) is 0 Å². The van der Waals surface area contributed by atoms with E-state index < -0.39 is 0 Å². The Bertz CT molecular complexity index is 375. The van der Waals surface area contributed by atoms with E-state index >= 15 is 0 Å². The van der Waals surface area contributed by atoms with Crippen LogP contribution in [0.5, 0.6) is 5.75 Å². The summed E-state index contributed by atoms with van der Waals surface area (Å²) >= 11 is 0. The fourth-order valence-electron chi connectivity index (χ4n) is 1.41. The second-order valence-electron chi connectivity index (χ2n) is 3.98. The third kappa shape index (κ3) is 3.24. The Hall–Kier alpha value is -1.55. The van der Waals surface area contributed by atoms with Crippen LogP contribution in [-0.4, -0.2) is 18.6 Å². The van der Waals surface area contributed by atoms with Gasteiger partial charge in [-0.3, -0.25) is 4.79 Å². The monoisotopic (exact) mass is 220 g/mol. The third-order valence-corrected chi connectivity index (χ3v) is 2.45. The number of hydrogen-bond donors (Lipinski definition) is 2. The first-order valence-electron chi connectivity index (χ1n) is 5.49. The lowest BCUT2D eigenvalue weighted by atomic mass is 10.2. The minimum atomic E-state index is -0.0550. The number of rotatable bonds is 5. The normalized spacial score (nSPS) is 14.6. The molecule has 3 N–H and O–H groups in total. The van der Waals surface area contributed by atoms with E-state index in [2.05, 4.69) is 5.32 Å². The molecule has 4 nitrogen and oxygen atoms in total. The molecule has 1 fully saturated rings. The molecule has 86 valence electrons. The van der Waals surface area contributed by atoms with Crippen molar-refractivity contribution in [2.75, 3.05) is 6.61 Å². The molecular weight excluding hydrogens is 204 g/mol. The number of nitrogens with two attached hydrogens (primary N) is 1. The molecule has 1 aromatic carbocycles. The van der Waals surface area contributed by atoms with E-state index in [1.807, 2.05) is 24.3 Å². The minimum Gasteiger partial charge on any atom is -0.484 e. The average Bonchev–Trinajstić information content (AvgIpc) is 3.10. The minimum absolute atomic E-state index is 0.0550. The summed E-state index contributed by atoms with van der Waals surface area (Å²) < 4.78 is 5.37. The summed E-state index contributed by atoms with van der Waals surface area (Å²) in [5.74, 6) is 0.634. The van der Waals surface area contributed by atoms with Gasteiger partial charge in [-0.15, -0.1) is 0 Å². The van der Waals surface area contributed by atoms with E-state index in [0.717, 1.165) is 18.4 Å². The number of carbonyl (C=O) groups is 1. The smallest absolute Gasteiger partial charge is 0.258 e. The molecule has 0 aromatic heterocycles. The van der Waals surface area contributed by atoms with E-state index in [1.54, 1.807) is 0 Å². The van der Waals surface area contributed by atoms with Gasteiger partial charge in [0.15, 0.2) is 6.61 Å². The van der Waals surface area contributed by atoms with Crippen LogP contribution in [-0.2, 0) is 11.3 Å². The Morgan fingerprint density at radius 1 is 1.50 bits per heavy atom. The highest BCUT2D eigenvalue weighted by atomic mass is 16.5. The standard InChI is InChI=1S/C12H16N2O2/c13-7-9-2-1-3-11(6-9)16-8-12(15)14-10-4-5-10/h1-3,6,10H,4-5,7-8,13H2,(H,14,15). The summed E-state index contributed by atoms with van der Waals surface area (Å²) in [6, 6.07) is 7.85. The van der Waals surface area contributed by atoms with Gasteiger partial charge in [-0.1, -0.05) is 12.1 Å². The largest absolute Gasteiger partial charge is 0.484 e. The van der Waals surface area contributed by atoms with Gasteiger partial charge in [-0.25, -0.2) is 0 Å². The molecular formula is C12H16N2O2. The number of ether oxygens (including phenoxy) is 1. The van der Waals surface area contributed by atoms with Crippen molar-refractivity contribution in [1.29, 1.82) is 0 Å². The van der Waals surface area contributed by atoms with Crippen molar-refractivity contribution in [2.24, 2.45) is 5.73 Å². The molecule has 16 heavy (non-hydrogen) atoms. The van der Waals surface area contributed by atoms with Crippen molar-refractivity contribution >= 4 is 5.91 Å². The van der Waals surface area contributed by atoms with Crippen LogP contribution in [0.25, 0.3) is 0 Å². The summed E-state index contributed by atoms with van der Waals surface area (Å²) in [6.45, 7) is 0.552. The zero-order chi connectivity index (χ0) is 11.4. The lowest BCUT2D eigenvalue weighted by molar-refractivity contribution is -0.123. The molecule has 0 heterocycles. The molecule has 0 saturated heterocycles. The van der Waals surface area contributed by atoms with E-state index in [9.17, 15) is 4.79 Å². The van der Waals surface area contributed by atoms with Gasteiger partial charge in [-0.2, -0.15) is 0 Å². The first-order chi connectivity index (χ1) is 7.78. The summed E-state index contributed by atoms with van der Waals surface area (Å²) in [6.07, 6.45) is 2.18. The Morgan fingerprint density at radius 2 is 2.31 bits per heavy atom. The van der Waals surface area contributed by atoms with Crippen molar-refractivity contribution < 1.29 is 9.53 Å². The highest BCUT2D eigenvalue weighted by molar-refractivity contribution is 5.78. The van der Waals surface area contributed by atoms with Gasteiger partial charge >= 0.3 is 0 Å². The molecule has 0 radical (unpaired) electrons. The molecule has 0 atom stereocenters. The first kappa shape index (κ1) is 11.0. The van der Waals surface area contributed by atoms with Gasteiger partial charge in [0.1, 0.15) is 5.75 Å². The fraction of sp³-hybridized carbons (Fsp3) is 0.417. The van der Waals surface area contributed by atoms with E-state index in [4.69, 9.17) is 10.5 Å². The van der Waals surface area contributed by atoms with Crippen molar-refractivity contribution in [1.82, 2.24) is 5.32 Å². The quantitative estimate of drug-likeness (QED) is 0.771. The highest BCUT2D eigenvalue weighted by Crippen LogP contribution is 2.18. The van der Waals surface area contributed by atoms with Gasteiger partial charge in [-0.05, 0) is 30.5 Å². The molecule has 0 aliphatic heterocycles. The SMILES string of the molecule is NCc1cccc(OCC(=O)NC2CC2)c1. The highest BCUT2D eigenvalue weighted by Gasteiger charge is 2.23. The van der Waals surface area contributed by atoms with E-state index in [0.29, 0.717) is 18.3 Å². The predicted molar refractivity (Wildman–Crippen MR) is 61.0 cm³/mol. The van der Waals surface area contributed by atoms with Crippen LogP contribution in [0.4, 0.5) is 0 Å². The van der Waals surface area contributed by atoms with Crippen LogP contribution >= 0.6 is 0 Å². The summed E-state index contributed by atoms with van der Waals surface area (Å²) in [5.41, 5.74) is 6.51. The van der Waals surface area contributed by atoms with Gasteiger partial charge in [0.25, 0.3) is 5.91 Å². The van der Waals surface area contributed by atoms with E-state index in [1.165, 1.54) is 0 Å². The Kier molecular flexibility index (Phi) is 3.41. The van der Waals surface area contributed by atoms with Crippen molar-refractivity contribution in [2.45, 2.75) is 25.4 Å². The second-order valence-corrected chi connectivity index (χ2v) is 3.98. The Morgan fingerprint density at radius 3 is 3.00 bits per heavy atom. The number of hydrogen-bond acceptors (Lipinski definition) is 3. The molecule has 2 rings (SSSR count). The lowest BCUT2D eigenvalue weighted by Gasteiger charge is -2.07. The van der Waals surface area contributed by atoms with Crippen molar-refractivity contribution in [3.63, 3.8) is 0 Å². The van der Waals surface area contributed by atoms with Crippen LogP contribution in [0.15, 0.2) is 24.3 Å². The molecule has 0 unspecified atom stereocenters. The van der Waals surface area contributed by atoms with Crippen LogP contribution in [0.3, 0.4) is 0 Å². The second kappa shape index (κ2) is 4.99. The van der Waals surface area contributed by atoms with Crippen LogP contribution in [0.1, 0.15) is 18.4 Å². The first-order valence-corrected chi connectivity index (χ1v) is 5.49. The number of amides is 1. The van der Waals surface area contributed by atoms with Crippen LogP contribution in [0, 0.1) is 0 Å². The van der Waals surface area contributed by atoms with Crippen molar-refractivity contribution in [3.8, 4) is 5.75 Å². The van der Waals surface area contributed by atoms with Crippen molar-refractivity contribution in [3.05, 3.63) is 29.8 Å². The fourth-order valence-corrected chi connectivity index (χ4v) is 1.41. The number of nitrogens with one attached hydrogen (secondary N) is 1.